The van der Waals surface area contributed by atoms with E-state index in [0.29, 0.717) is 22.3 Å². The summed E-state index contributed by atoms with van der Waals surface area (Å²) in [5, 5.41) is 3.08. The summed E-state index contributed by atoms with van der Waals surface area (Å²) >= 11 is 0. The van der Waals surface area contributed by atoms with Gasteiger partial charge < -0.3 is 24.7 Å². The largest absolute Gasteiger partial charge is 0.503 e. The minimum absolute atomic E-state index is 0.0108. The maximum atomic E-state index is 13.4. The number of alkyl halides is 3. The number of H-pyrrole nitrogens is 1. The lowest BCUT2D eigenvalue weighted by Crippen LogP contribution is -2.43. The first-order valence-electron chi connectivity index (χ1n) is 11.6. The van der Waals surface area contributed by atoms with Crippen molar-refractivity contribution in [3.05, 3.63) is 53.8 Å². The third kappa shape index (κ3) is 5.24. The second kappa shape index (κ2) is 10.5. The molecule has 0 spiro atoms. The Morgan fingerprint density at radius 2 is 2.03 bits per heavy atom. The quantitative estimate of drug-likeness (QED) is 0.456. The molecule has 36 heavy (non-hydrogen) atoms. The Kier molecular flexibility index (Phi) is 7.37. The van der Waals surface area contributed by atoms with E-state index in [1.54, 1.807) is 27.2 Å². The number of nitrogens with zero attached hydrogens (tertiary/aromatic N) is 3. The molecular formula is C25H28F3N5O3. The summed E-state index contributed by atoms with van der Waals surface area (Å²) in [6.07, 6.45) is 1.75. The lowest BCUT2D eigenvalue weighted by atomic mass is 10.0. The van der Waals surface area contributed by atoms with Gasteiger partial charge in [-0.05, 0) is 44.9 Å². The number of piperidine rings is 1. The first-order chi connectivity index (χ1) is 17.2. The van der Waals surface area contributed by atoms with Crippen molar-refractivity contribution in [2.75, 3.05) is 26.8 Å². The molecule has 1 aliphatic rings. The number of fused-ring (bicyclic) bond motifs is 1. The average molecular weight is 504 g/mol. The number of aromatic nitrogens is 3. The van der Waals surface area contributed by atoms with Gasteiger partial charge in [-0.2, -0.15) is 13.2 Å². The number of carbonyl (C=O) groups is 1. The number of ether oxygens (including phenoxy) is 2. The number of amides is 1. The second-order valence-electron chi connectivity index (χ2n) is 8.52. The number of hydrogen-bond acceptors (Lipinski definition) is 6. The maximum absolute atomic E-state index is 13.4. The number of likely N-dealkylation sites (tertiary alicyclic amines) is 1. The van der Waals surface area contributed by atoms with E-state index in [2.05, 4.69) is 25.2 Å². The van der Waals surface area contributed by atoms with Gasteiger partial charge in [-0.3, -0.25) is 4.79 Å². The van der Waals surface area contributed by atoms with Crippen LogP contribution in [0.25, 0.3) is 22.3 Å². The number of methoxy groups -OCH3 is 1. The van der Waals surface area contributed by atoms with Crippen LogP contribution in [0.5, 0.6) is 5.75 Å². The van der Waals surface area contributed by atoms with Gasteiger partial charge in [0.1, 0.15) is 23.3 Å². The Morgan fingerprint density at radius 1 is 1.28 bits per heavy atom. The van der Waals surface area contributed by atoms with Crippen molar-refractivity contribution < 1.29 is 27.4 Å². The van der Waals surface area contributed by atoms with Crippen molar-refractivity contribution in [2.45, 2.75) is 38.9 Å². The van der Waals surface area contributed by atoms with Crippen molar-refractivity contribution >= 4 is 16.9 Å². The second-order valence-corrected chi connectivity index (χ2v) is 8.52. The Morgan fingerprint density at radius 3 is 2.69 bits per heavy atom. The van der Waals surface area contributed by atoms with Crippen LogP contribution in [-0.4, -0.2) is 58.6 Å². The molecule has 2 N–H and O–H groups in total. The molecule has 3 aromatic rings. The zero-order valence-electron chi connectivity index (χ0n) is 20.3. The summed E-state index contributed by atoms with van der Waals surface area (Å²) in [5.74, 6) is -0.0265. The number of aryl methyl sites for hydroxylation is 1. The van der Waals surface area contributed by atoms with Gasteiger partial charge in [0, 0.05) is 36.6 Å². The fourth-order valence-corrected chi connectivity index (χ4v) is 4.37. The highest BCUT2D eigenvalue weighted by Gasteiger charge is 2.32. The fraction of sp³-hybridized carbons (Fsp3) is 0.400. The van der Waals surface area contributed by atoms with E-state index in [4.69, 9.17) is 9.47 Å². The lowest BCUT2D eigenvalue weighted by molar-refractivity contribution is -0.137. The predicted molar refractivity (Wildman–Crippen MR) is 128 cm³/mol. The Labute approximate surface area is 206 Å². The van der Waals surface area contributed by atoms with Crippen LogP contribution >= 0.6 is 0 Å². The molecule has 3 heterocycles. The van der Waals surface area contributed by atoms with Gasteiger partial charge in [0.25, 0.3) is 5.91 Å². The summed E-state index contributed by atoms with van der Waals surface area (Å²) in [6.45, 7) is 5.30. The first-order valence-corrected chi connectivity index (χ1v) is 11.6. The third-order valence-corrected chi connectivity index (χ3v) is 6.13. The molecule has 1 saturated heterocycles. The third-order valence-electron chi connectivity index (χ3n) is 6.13. The van der Waals surface area contributed by atoms with Crippen LogP contribution in [0.1, 0.15) is 41.4 Å². The molecular weight excluding hydrogens is 475 g/mol. The SMILES string of the molecule is CCOc1ccc(C(F)(F)F)cc1-c1ncnc2c(C(=O)NC3CCN(C=COC)CC3)c(C)[nH]c12. The highest BCUT2D eigenvalue weighted by atomic mass is 19.4. The van der Waals surface area contributed by atoms with Crippen molar-refractivity contribution in [3.8, 4) is 17.0 Å². The molecule has 0 bridgehead atoms. The highest BCUT2D eigenvalue weighted by Crippen LogP contribution is 2.39. The molecule has 192 valence electrons. The van der Waals surface area contributed by atoms with Crippen molar-refractivity contribution in [1.29, 1.82) is 0 Å². The van der Waals surface area contributed by atoms with Crippen LogP contribution in [0.15, 0.2) is 37.0 Å². The van der Waals surface area contributed by atoms with Crippen LogP contribution in [0.2, 0.25) is 0 Å². The number of aromatic amines is 1. The summed E-state index contributed by atoms with van der Waals surface area (Å²) in [5.41, 5.74) is 1.20. The van der Waals surface area contributed by atoms with E-state index in [9.17, 15) is 18.0 Å². The summed E-state index contributed by atoms with van der Waals surface area (Å²) in [7, 11) is 1.59. The van der Waals surface area contributed by atoms with Crippen molar-refractivity contribution in [2.24, 2.45) is 0 Å². The van der Waals surface area contributed by atoms with Gasteiger partial charge in [-0.1, -0.05) is 0 Å². The zero-order chi connectivity index (χ0) is 25.9. The van der Waals surface area contributed by atoms with E-state index in [-0.39, 0.29) is 35.6 Å². The van der Waals surface area contributed by atoms with Crippen molar-refractivity contribution in [3.63, 3.8) is 0 Å². The summed E-state index contributed by atoms with van der Waals surface area (Å²) in [4.78, 5) is 27.0. The van der Waals surface area contributed by atoms with Gasteiger partial charge in [-0.15, -0.1) is 0 Å². The molecule has 0 unspecified atom stereocenters. The number of carbonyl (C=O) groups excluding carboxylic acids is 1. The molecule has 1 fully saturated rings. The molecule has 0 saturated carbocycles. The van der Waals surface area contributed by atoms with E-state index in [1.807, 2.05) is 6.20 Å². The summed E-state index contributed by atoms with van der Waals surface area (Å²) < 4.78 is 50.9. The zero-order valence-corrected chi connectivity index (χ0v) is 20.3. The van der Waals surface area contributed by atoms with Crippen LogP contribution < -0.4 is 10.1 Å². The average Bonchev–Trinajstić information content (AvgIpc) is 3.19. The molecule has 11 heteroatoms. The number of nitrogens with one attached hydrogen (secondary N) is 2. The van der Waals surface area contributed by atoms with Gasteiger partial charge in [-0.25, -0.2) is 9.97 Å². The smallest absolute Gasteiger partial charge is 0.416 e. The lowest BCUT2D eigenvalue weighted by Gasteiger charge is -2.31. The minimum Gasteiger partial charge on any atom is -0.503 e. The minimum atomic E-state index is -4.53. The van der Waals surface area contributed by atoms with Gasteiger partial charge in [0.2, 0.25) is 0 Å². The summed E-state index contributed by atoms with van der Waals surface area (Å²) in [6, 6.07) is 3.26. The topological polar surface area (TPSA) is 92.4 Å². The Hall–Kier alpha value is -3.76. The van der Waals surface area contributed by atoms with E-state index in [0.717, 1.165) is 38.1 Å². The molecule has 1 amide bonds. The molecule has 4 rings (SSSR count). The monoisotopic (exact) mass is 503 g/mol. The van der Waals surface area contributed by atoms with Gasteiger partial charge in [0.15, 0.2) is 0 Å². The first kappa shape index (κ1) is 25.3. The van der Waals surface area contributed by atoms with Crippen LogP contribution in [0, 0.1) is 6.92 Å². The van der Waals surface area contributed by atoms with E-state index in [1.165, 1.54) is 12.4 Å². The standard InChI is InChI=1S/C25H28F3N5O3/c1-4-36-19-6-5-16(25(26,27)28)13-18(19)21-23-22(30-14-29-21)20(15(2)31-23)24(34)32-17-7-9-33(10-8-17)11-12-35-3/h5-6,11-14,17,31H,4,7-10H2,1-3H3,(H,32,34). The predicted octanol–water partition coefficient (Wildman–Crippen LogP) is 4.66. The fourth-order valence-electron chi connectivity index (χ4n) is 4.37. The van der Waals surface area contributed by atoms with Gasteiger partial charge in [0.05, 0.1) is 36.6 Å². The Bertz CT molecular complexity index is 1260. The Balaban J connectivity index is 1.66. The number of rotatable bonds is 7. The van der Waals surface area contributed by atoms with Crippen LogP contribution in [-0.2, 0) is 10.9 Å². The van der Waals surface area contributed by atoms with Crippen LogP contribution in [0.3, 0.4) is 0 Å². The highest BCUT2D eigenvalue weighted by molar-refractivity contribution is 6.09. The molecule has 0 radical (unpaired) electrons. The van der Waals surface area contributed by atoms with Crippen LogP contribution in [0.4, 0.5) is 13.2 Å². The number of benzene rings is 1. The molecule has 0 aliphatic carbocycles. The molecule has 1 aromatic carbocycles. The molecule has 1 aliphatic heterocycles. The van der Waals surface area contributed by atoms with E-state index >= 15 is 0 Å². The molecule has 2 aromatic heterocycles. The molecule has 8 nitrogen and oxygen atoms in total. The van der Waals surface area contributed by atoms with E-state index < -0.39 is 11.7 Å². The number of halogens is 3. The van der Waals surface area contributed by atoms with Gasteiger partial charge >= 0.3 is 6.18 Å². The normalized spacial score (nSPS) is 15.0. The maximum Gasteiger partial charge on any atom is 0.416 e. The number of hydrogen-bond donors (Lipinski definition) is 2. The molecule has 0 atom stereocenters. The van der Waals surface area contributed by atoms with Crippen molar-refractivity contribution in [1.82, 2.24) is 25.2 Å².